The van der Waals surface area contributed by atoms with Crippen LogP contribution in [0.1, 0.15) is 0 Å². The molecule has 0 atom stereocenters. The number of aromatic nitrogens is 1. The van der Waals surface area contributed by atoms with Crippen molar-refractivity contribution in [1.82, 2.24) is 14.2 Å². The van der Waals surface area contributed by atoms with Crippen molar-refractivity contribution < 1.29 is 8.42 Å². The SMILES string of the molecule is CNc1cccnc1S(=O)(=O)N(C)CCN(C)C. The Morgan fingerprint density at radius 3 is 2.50 bits per heavy atom. The van der Waals surface area contributed by atoms with Crippen molar-refractivity contribution in [3.05, 3.63) is 18.3 Å². The van der Waals surface area contributed by atoms with Gasteiger partial charge < -0.3 is 10.2 Å². The summed E-state index contributed by atoms with van der Waals surface area (Å²) in [5.41, 5.74) is 0.509. The van der Waals surface area contributed by atoms with Crippen LogP contribution in [0, 0.1) is 0 Å². The molecule has 0 aliphatic carbocycles. The van der Waals surface area contributed by atoms with Gasteiger partial charge in [0.1, 0.15) is 0 Å². The molecule has 0 bridgehead atoms. The third-order valence-corrected chi connectivity index (χ3v) is 4.37. The van der Waals surface area contributed by atoms with Crippen molar-refractivity contribution >= 4 is 15.7 Å². The van der Waals surface area contributed by atoms with Gasteiger partial charge in [0.15, 0.2) is 5.03 Å². The van der Waals surface area contributed by atoms with E-state index in [9.17, 15) is 8.42 Å². The van der Waals surface area contributed by atoms with Gasteiger partial charge in [-0.25, -0.2) is 13.4 Å². The molecule has 1 heterocycles. The first-order valence-electron chi connectivity index (χ1n) is 5.63. The minimum absolute atomic E-state index is 0.0637. The Kier molecular flexibility index (Phi) is 5.06. The molecule has 0 amide bonds. The van der Waals surface area contributed by atoms with E-state index in [-0.39, 0.29) is 5.03 Å². The van der Waals surface area contributed by atoms with Gasteiger partial charge >= 0.3 is 0 Å². The third kappa shape index (κ3) is 3.41. The van der Waals surface area contributed by atoms with Crippen LogP contribution < -0.4 is 5.32 Å². The Hall–Kier alpha value is -1.18. The van der Waals surface area contributed by atoms with Gasteiger partial charge in [-0.3, -0.25) is 0 Å². The van der Waals surface area contributed by atoms with Crippen LogP contribution in [-0.4, -0.2) is 63.9 Å². The normalized spacial score (nSPS) is 12.1. The maximum absolute atomic E-state index is 12.3. The number of nitrogens with one attached hydrogen (secondary N) is 1. The highest BCUT2D eigenvalue weighted by molar-refractivity contribution is 7.89. The van der Waals surface area contributed by atoms with Gasteiger partial charge in [-0.15, -0.1) is 0 Å². The van der Waals surface area contributed by atoms with E-state index in [0.29, 0.717) is 18.8 Å². The van der Waals surface area contributed by atoms with Crippen molar-refractivity contribution in [1.29, 1.82) is 0 Å². The molecule has 1 aromatic rings. The fraction of sp³-hybridized carbons (Fsp3) is 0.545. The van der Waals surface area contributed by atoms with E-state index < -0.39 is 10.0 Å². The largest absolute Gasteiger partial charge is 0.386 e. The first kappa shape index (κ1) is 14.9. The van der Waals surface area contributed by atoms with Crippen molar-refractivity contribution in [2.45, 2.75) is 5.03 Å². The van der Waals surface area contributed by atoms with Crippen LogP contribution in [0.25, 0.3) is 0 Å². The van der Waals surface area contributed by atoms with Gasteiger partial charge in [0.25, 0.3) is 10.0 Å². The van der Waals surface area contributed by atoms with E-state index in [1.165, 1.54) is 10.5 Å². The molecule has 18 heavy (non-hydrogen) atoms. The number of pyridine rings is 1. The van der Waals surface area contributed by atoms with Crippen molar-refractivity contribution in [3.63, 3.8) is 0 Å². The lowest BCUT2D eigenvalue weighted by molar-refractivity contribution is 0.358. The maximum Gasteiger partial charge on any atom is 0.262 e. The van der Waals surface area contributed by atoms with Crippen LogP contribution in [0.15, 0.2) is 23.4 Å². The monoisotopic (exact) mass is 272 g/mol. The fourth-order valence-electron chi connectivity index (χ4n) is 1.40. The van der Waals surface area contributed by atoms with E-state index in [2.05, 4.69) is 10.3 Å². The summed E-state index contributed by atoms with van der Waals surface area (Å²) in [7, 11) is 3.50. The number of anilines is 1. The topological polar surface area (TPSA) is 65.5 Å². The standard InChI is InChI=1S/C11H20N4O2S/c1-12-10-6-5-7-13-11(10)18(16,17)15(4)9-8-14(2)3/h5-7,12H,8-9H2,1-4H3. The number of sulfonamides is 1. The Balaban J connectivity index is 2.98. The summed E-state index contributed by atoms with van der Waals surface area (Å²) in [6.45, 7) is 1.09. The van der Waals surface area contributed by atoms with Gasteiger partial charge in [-0.1, -0.05) is 0 Å². The third-order valence-electron chi connectivity index (χ3n) is 2.56. The molecule has 0 saturated carbocycles. The van der Waals surface area contributed by atoms with Crippen molar-refractivity contribution in [3.8, 4) is 0 Å². The summed E-state index contributed by atoms with van der Waals surface area (Å²) in [4.78, 5) is 5.90. The molecule has 0 radical (unpaired) electrons. The molecule has 6 nitrogen and oxygen atoms in total. The molecule has 0 aromatic carbocycles. The minimum atomic E-state index is -3.54. The van der Waals surface area contributed by atoms with E-state index in [1.54, 1.807) is 26.2 Å². The summed E-state index contributed by atoms with van der Waals surface area (Å²) >= 11 is 0. The van der Waals surface area contributed by atoms with E-state index in [0.717, 1.165) is 0 Å². The number of rotatable bonds is 6. The summed E-state index contributed by atoms with van der Waals surface area (Å²) < 4.78 is 26.0. The number of nitrogens with zero attached hydrogens (tertiary/aromatic N) is 3. The van der Waals surface area contributed by atoms with Crippen LogP contribution in [0.4, 0.5) is 5.69 Å². The molecule has 0 unspecified atom stereocenters. The molecule has 0 fully saturated rings. The van der Waals surface area contributed by atoms with Crippen LogP contribution in [0.2, 0.25) is 0 Å². The summed E-state index contributed by atoms with van der Waals surface area (Å²) in [6, 6.07) is 3.39. The molecule has 0 aliphatic rings. The fourth-order valence-corrected chi connectivity index (χ4v) is 2.65. The van der Waals surface area contributed by atoms with Crippen LogP contribution >= 0.6 is 0 Å². The first-order valence-corrected chi connectivity index (χ1v) is 7.07. The van der Waals surface area contributed by atoms with Gasteiger partial charge in [0.05, 0.1) is 5.69 Å². The highest BCUT2D eigenvalue weighted by Gasteiger charge is 2.24. The predicted octanol–water partition coefficient (Wildman–Crippen LogP) is 0.305. The molecular formula is C11H20N4O2S. The second kappa shape index (κ2) is 6.12. The van der Waals surface area contributed by atoms with Crippen LogP contribution in [-0.2, 0) is 10.0 Å². The zero-order chi connectivity index (χ0) is 13.8. The lowest BCUT2D eigenvalue weighted by Gasteiger charge is -2.20. The quantitative estimate of drug-likeness (QED) is 0.807. The Morgan fingerprint density at radius 1 is 1.28 bits per heavy atom. The maximum atomic E-state index is 12.3. The molecule has 1 rings (SSSR count). The number of hydrogen-bond donors (Lipinski definition) is 1. The molecule has 0 spiro atoms. The van der Waals surface area contributed by atoms with Gasteiger partial charge in [-0.2, -0.15) is 4.31 Å². The van der Waals surface area contributed by atoms with Gasteiger partial charge in [0.2, 0.25) is 0 Å². The van der Waals surface area contributed by atoms with E-state index in [4.69, 9.17) is 0 Å². The second-order valence-corrected chi connectivity index (χ2v) is 6.20. The van der Waals surface area contributed by atoms with Crippen molar-refractivity contribution in [2.24, 2.45) is 0 Å². The van der Waals surface area contributed by atoms with E-state index in [1.807, 2.05) is 19.0 Å². The average Bonchev–Trinajstić information content (AvgIpc) is 2.35. The number of likely N-dealkylation sites (N-methyl/N-ethyl adjacent to an activating group) is 2. The van der Waals surface area contributed by atoms with Gasteiger partial charge in [-0.05, 0) is 26.2 Å². The Morgan fingerprint density at radius 2 is 1.94 bits per heavy atom. The minimum Gasteiger partial charge on any atom is -0.386 e. The highest BCUT2D eigenvalue weighted by atomic mass is 32.2. The molecule has 0 saturated heterocycles. The summed E-state index contributed by atoms with van der Waals surface area (Å²) in [6.07, 6.45) is 1.48. The lowest BCUT2D eigenvalue weighted by Crippen LogP contribution is -2.34. The summed E-state index contributed by atoms with van der Waals surface area (Å²) in [5, 5.41) is 2.91. The molecule has 0 aliphatic heterocycles. The van der Waals surface area contributed by atoms with Crippen molar-refractivity contribution in [2.75, 3.05) is 46.6 Å². The molecule has 1 aromatic heterocycles. The average molecular weight is 272 g/mol. The highest BCUT2D eigenvalue weighted by Crippen LogP contribution is 2.20. The second-order valence-electron chi connectivity index (χ2n) is 4.24. The lowest BCUT2D eigenvalue weighted by atomic mass is 10.4. The number of hydrogen-bond acceptors (Lipinski definition) is 5. The van der Waals surface area contributed by atoms with Crippen LogP contribution in [0.3, 0.4) is 0 Å². The van der Waals surface area contributed by atoms with E-state index >= 15 is 0 Å². The Bertz CT molecular complexity index is 488. The molecular weight excluding hydrogens is 252 g/mol. The molecule has 1 N–H and O–H groups in total. The Labute approximate surface area is 109 Å². The predicted molar refractivity (Wildman–Crippen MR) is 72.2 cm³/mol. The molecule has 102 valence electrons. The van der Waals surface area contributed by atoms with Crippen LogP contribution in [0.5, 0.6) is 0 Å². The smallest absolute Gasteiger partial charge is 0.262 e. The summed E-state index contributed by atoms with van der Waals surface area (Å²) in [5.74, 6) is 0. The van der Waals surface area contributed by atoms with Gasteiger partial charge in [0, 0.05) is 33.4 Å². The zero-order valence-corrected chi connectivity index (χ0v) is 12.0. The first-order chi connectivity index (χ1) is 8.39. The molecule has 7 heteroatoms. The zero-order valence-electron chi connectivity index (χ0n) is 11.2.